The van der Waals surface area contributed by atoms with Crippen molar-refractivity contribution in [2.24, 2.45) is 21.8 Å². The fraction of sp³-hybridized carbons (Fsp3) is 0.500. The van der Waals surface area contributed by atoms with Gasteiger partial charge in [0, 0.05) is 22.1 Å². The number of methoxy groups -OCH3 is 1. The Bertz CT molecular complexity index is 815. The van der Waals surface area contributed by atoms with Crippen LogP contribution in [-0.4, -0.2) is 17.8 Å². The van der Waals surface area contributed by atoms with Gasteiger partial charge in [0.15, 0.2) is 0 Å². The lowest BCUT2D eigenvalue weighted by molar-refractivity contribution is -0.00000569. The van der Waals surface area contributed by atoms with E-state index < -0.39 is 0 Å². The molecule has 1 aromatic carbocycles. The molecule has 4 rings (SSSR count). The van der Waals surface area contributed by atoms with Crippen LogP contribution >= 0.6 is 11.3 Å². The van der Waals surface area contributed by atoms with Crippen LogP contribution in [0.25, 0.3) is 11.3 Å². The molecular formula is C20H25BrN3OS-. The molecule has 2 bridgehead atoms. The lowest BCUT2D eigenvalue weighted by Crippen LogP contribution is -3.00. The number of nitrogens with one attached hydrogen (secondary N) is 1. The maximum Gasteiger partial charge on any atom is 0.203 e. The summed E-state index contributed by atoms with van der Waals surface area (Å²) in [6.45, 7) is 7.18. The molecule has 2 fully saturated rings. The average molecular weight is 435 g/mol. The zero-order valence-corrected chi connectivity index (χ0v) is 18.1. The smallest absolute Gasteiger partial charge is 0.203 e. The Hall–Kier alpha value is -1.40. The van der Waals surface area contributed by atoms with Crippen molar-refractivity contribution in [1.29, 1.82) is 0 Å². The van der Waals surface area contributed by atoms with Crippen molar-refractivity contribution in [3.63, 3.8) is 0 Å². The summed E-state index contributed by atoms with van der Waals surface area (Å²) in [6, 6.07) is 7.98. The number of benzene rings is 1. The molecule has 0 saturated heterocycles. The molecule has 2 aliphatic carbocycles. The molecule has 4 nitrogen and oxygen atoms in total. The number of ether oxygens (including phenoxy) is 1. The third kappa shape index (κ3) is 2.97. The first kappa shape index (κ1) is 19.4. The Morgan fingerprint density at radius 2 is 1.96 bits per heavy atom. The van der Waals surface area contributed by atoms with Gasteiger partial charge in [-0.3, -0.25) is 5.43 Å². The first-order chi connectivity index (χ1) is 11.9. The van der Waals surface area contributed by atoms with Crippen molar-refractivity contribution in [2.75, 3.05) is 12.5 Å². The van der Waals surface area contributed by atoms with E-state index in [1.54, 1.807) is 18.4 Å². The highest BCUT2D eigenvalue weighted by Gasteiger charge is 2.59. The Morgan fingerprint density at radius 1 is 1.23 bits per heavy atom. The number of rotatable bonds is 4. The molecule has 1 aromatic heterocycles. The van der Waals surface area contributed by atoms with E-state index in [9.17, 15) is 0 Å². The van der Waals surface area contributed by atoms with Crippen LogP contribution in [0.15, 0.2) is 34.7 Å². The minimum Gasteiger partial charge on any atom is -1.00 e. The summed E-state index contributed by atoms with van der Waals surface area (Å²) in [5.74, 6) is 1.63. The summed E-state index contributed by atoms with van der Waals surface area (Å²) in [5, 5.41) is 7.69. The Labute approximate surface area is 169 Å². The Kier molecular flexibility index (Phi) is 5.19. The van der Waals surface area contributed by atoms with Gasteiger partial charge in [-0.05, 0) is 54.9 Å². The molecular weight excluding hydrogens is 410 g/mol. The summed E-state index contributed by atoms with van der Waals surface area (Å²) >= 11 is 1.60. The fourth-order valence-electron chi connectivity index (χ4n) is 4.43. The quantitative estimate of drug-likeness (QED) is 0.751. The zero-order chi connectivity index (χ0) is 17.7. The van der Waals surface area contributed by atoms with E-state index in [0.29, 0.717) is 5.41 Å². The van der Waals surface area contributed by atoms with Gasteiger partial charge in [0.1, 0.15) is 5.75 Å². The van der Waals surface area contributed by atoms with Gasteiger partial charge in [-0.25, -0.2) is 4.98 Å². The number of anilines is 1. The molecule has 26 heavy (non-hydrogen) atoms. The predicted molar refractivity (Wildman–Crippen MR) is 104 cm³/mol. The predicted octanol–water partition coefficient (Wildman–Crippen LogP) is 2.44. The summed E-state index contributed by atoms with van der Waals surface area (Å²) < 4.78 is 5.21. The molecule has 2 aromatic rings. The number of fused-ring (bicyclic) bond motifs is 2. The summed E-state index contributed by atoms with van der Waals surface area (Å²) in [5.41, 5.74) is 7.16. The van der Waals surface area contributed by atoms with Gasteiger partial charge in [0.05, 0.1) is 12.8 Å². The number of thiazole rings is 1. The Balaban J connectivity index is 0.00000196. The standard InChI is InChI=1S/C20H25N3OS.BrH/c1-19(2)14-9-10-20(19,3)17(11-14)22-23-18-21-16(12-25-18)13-5-7-15(24-4)8-6-13;/h5-8,12,14H,9-11H2,1-4H3,(H,21,23);1H/p-1/b22-17+;. The number of nitrogens with zero attached hydrogens (tertiary/aromatic N) is 2. The second kappa shape index (κ2) is 6.97. The maximum atomic E-state index is 5.21. The number of halogens is 1. The highest BCUT2D eigenvalue weighted by molar-refractivity contribution is 7.14. The van der Waals surface area contributed by atoms with Crippen molar-refractivity contribution in [1.82, 2.24) is 4.98 Å². The van der Waals surface area contributed by atoms with Crippen LogP contribution in [-0.2, 0) is 0 Å². The Morgan fingerprint density at radius 3 is 2.54 bits per heavy atom. The molecule has 0 amide bonds. The topological polar surface area (TPSA) is 46.5 Å². The van der Waals surface area contributed by atoms with E-state index >= 15 is 0 Å². The molecule has 2 unspecified atom stereocenters. The maximum absolute atomic E-state index is 5.21. The first-order valence-electron chi connectivity index (χ1n) is 8.87. The molecule has 2 atom stereocenters. The first-order valence-corrected chi connectivity index (χ1v) is 9.75. The average Bonchev–Trinajstić information content (AvgIpc) is 3.22. The van der Waals surface area contributed by atoms with Gasteiger partial charge in [0.25, 0.3) is 0 Å². The molecule has 1 heterocycles. The van der Waals surface area contributed by atoms with E-state index in [-0.39, 0.29) is 22.4 Å². The molecule has 2 saturated carbocycles. The van der Waals surface area contributed by atoms with Gasteiger partial charge >= 0.3 is 0 Å². The van der Waals surface area contributed by atoms with Crippen LogP contribution in [0.4, 0.5) is 5.13 Å². The third-order valence-electron chi connectivity index (χ3n) is 6.69. The lowest BCUT2D eigenvalue weighted by Gasteiger charge is -2.34. The second-order valence-electron chi connectivity index (χ2n) is 7.93. The molecule has 1 N–H and O–H groups in total. The van der Waals surface area contributed by atoms with Crippen LogP contribution in [0.5, 0.6) is 5.75 Å². The number of hydrazone groups is 1. The molecule has 2 aliphatic rings. The van der Waals surface area contributed by atoms with Gasteiger partial charge in [-0.1, -0.05) is 20.8 Å². The van der Waals surface area contributed by atoms with Crippen LogP contribution in [0.1, 0.15) is 40.0 Å². The van der Waals surface area contributed by atoms with Gasteiger partial charge in [-0.15, -0.1) is 11.3 Å². The third-order valence-corrected chi connectivity index (χ3v) is 7.44. The van der Waals surface area contributed by atoms with Crippen molar-refractivity contribution in [3.05, 3.63) is 29.6 Å². The van der Waals surface area contributed by atoms with Gasteiger partial charge < -0.3 is 21.7 Å². The van der Waals surface area contributed by atoms with E-state index in [0.717, 1.165) is 34.5 Å². The van der Waals surface area contributed by atoms with Crippen LogP contribution in [0.3, 0.4) is 0 Å². The number of hydrogen-bond acceptors (Lipinski definition) is 5. The minimum atomic E-state index is 0. The van der Waals surface area contributed by atoms with Crippen molar-refractivity contribution >= 4 is 22.2 Å². The van der Waals surface area contributed by atoms with Crippen LogP contribution in [0.2, 0.25) is 0 Å². The minimum absolute atomic E-state index is 0. The van der Waals surface area contributed by atoms with Crippen molar-refractivity contribution < 1.29 is 21.7 Å². The summed E-state index contributed by atoms with van der Waals surface area (Å²) in [4.78, 5) is 4.68. The highest BCUT2D eigenvalue weighted by Crippen LogP contribution is 2.63. The van der Waals surface area contributed by atoms with Crippen LogP contribution < -0.4 is 27.1 Å². The van der Waals surface area contributed by atoms with Gasteiger partial charge in [-0.2, -0.15) is 5.10 Å². The van der Waals surface area contributed by atoms with Gasteiger partial charge in [0.2, 0.25) is 5.13 Å². The molecule has 140 valence electrons. The highest BCUT2D eigenvalue weighted by atomic mass is 79.9. The molecule has 0 aliphatic heterocycles. The largest absolute Gasteiger partial charge is 1.00 e. The van der Waals surface area contributed by atoms with Crippen molar-refractivity contribution in [2.45, 2.75) is 40.0 Å². The normalized spacial score (nSPS) is 27.4. The monoisotopic (exact) mass is 434 g/mol. The van der Waals surface area contributed by atoms with E-state index in [1.807, 2.05) is 24.3 Å². The summed E-state index contributed by atoms with van der Waals surface area (Å²) in [6.07, 6.45) is 3.70. The number of hydrogen-bond donors (Lipinski definition) is 1. The van der Waals surface area contributed by atoms with Crippen molar-refractivity contribution in [3.8, 4) is 17.0 Å². The lowest BCUT2D eigenvalue weighted by atomic mass is 9.70. The van der Waals surface area contributed by atoms with Crippen LogP contribution in [0, 0.1) is 16.7 Å². The zero-order valence-electron chi connectivity index (χ0n) is 15.7. The molecule has 0 radical (unpaired) electrons. The summed E-state index contributed by atoms with van der Waals surface area (Å²) in [7, 11) is 1.68. The SMILES string of the molecule is COc1ccc(-c2csc(N/N=C3\CC4CCC3(C)C4(C)C)n2)cc1.[Br-]. The van der Waals surface area contributed by atoms with E-state index in [1.165, 1.54) is 18.6 Å². The second-order valence-corrected chi connectivity index (χ2v) is 8.79. The molecule has 0 spiro atoms. The fourth-order valence-corrected chi connectivity index (χ4v) is 5.09. The van der Waals surface area contributed by atoms with E-state index in [2.05, 4.69) is 36.6 Å². The molecule has 6 heteroatoms. The van der Waals surface area contributed by atoms with E-state index in [4.69, 9.17) is 9.84 Å². The number of aromatic nitrogens is 1.